The number of halogens is 1. The smallest absolute Gasteiger partial charge is 0.253 e. The second kappa shape index (κ2) is 10.3. The van der Waals surface area contributed by atoms with Crippen LogP contribution in [0.25, 0.3) is 0 Å². The van der Waals surface area contributed by atoms with Gasteiger partial charge in [-0.1, -0.05) is 43.5 Å². The number of carbonyl (C=O) groups excluding carboxylic acids is 1. The summed E-state index contributed by atoms with van der Waals surface area (Å²) in [4.78, 5) is 17.1. The van der Waals surface area contributed by atoms with Crippen LogP contribution >= 0.6 is 0 Å². The highest BCUT2D eigenvalue weighted by Gasteiger charge is 2.30. The number of rotatable bonds is 6. The molecular formula is C25H32FN3O3S. The third kappa shape index (κ3) is 5.45. The van der Waals surface area contributed by atoms with Gasteiger partial charge in [0, 0.05) is 56.9 Å². The number of hydrogen-bond acceptors (Lipinski definition) is 4. The summed E-state index contributed by atoms with van der Waals surface area (Å²) >= 11 is 0. The predicted molar refractivity (Wildman–Crippen MR) is 126 cm³/mol. The van der Waals surface area contributed by atoms with Crippen LogP contribution in [0.1, 0.15) is 48.0 Å². The fraction of sp³-hybridized carbons (Fsp3) is 0.480. The first kappa shape index (κ1) is 23.9. The maximum Gasteiger partial charge on any atom is 0.253 e. The molecule has 0 N–H and O–H groups in total. The van der Waals surface area contributed by atoms with Crippen molar-refractivity contribution in [2.45, 2.75) is 49.6 Å². The molecule has 33 heavy (non-hydrogen) atoms. The first-order valence-electron chi connectivity index (χ1n) is 11.7. The summed E-state index contributed by atoms with van der Waals surface area (Å²) in [6.45, 7) is 2.83. The van der Waals surface area contributed by atoms with Crippen LogP contribution in [0.5, 0.6) is 0 Å². The van der Waals surface area contributed by atoms with E-state index in [4.69, 9.17) is 0 Å². The Hall–Kier alpha value is -2.29. The van der Waals surface area contributed by atoms with Gasteiger partial charge in [-0.15, -0.1) is 0 Å². The number of carbonyl (C=O) groups is 1. The zero-order valence-electron chi connectivity index (χ0n) is 19.1. The van der Waals surface area contributed by atoms with Gasteiger partial charge < -0.3 is 4.90 Å². The molecule has 0 radical (unpaired) electrons. The molecule has 2 aromatic rings. The quantitative estimate of drug-likeness (QED) is 0.641. The lowest BCUT2D eigenvalue weighted by Crippen LogP contribution is -2.48. The van der Waals surface area contributed by atoms with Gasteiger partial charge in [0.25, 0.3) is 5.91 Å². The molecule has 2 fully saturated rings. The molecule has 0 bridgehead atoms. The summed E-state index contributed by atoms with van der Waals surface area (Å²) in [7, 11) is -2.01. The van der Waals surface area contributed by atoms with Gasteiger partial charge in [-0.25, -0.2) is 12.8 Å². The maximum absolute atomic E-state index is 13.9. The SMILES string of the molecule is CN(C1CCCCC1)S(=O)(=O)c1cccc(C(=O)N2CCN(Cc3ccccc3F)CC2)c1. The van der Waals surface area contributed by atoms with Crippen molar-refractivity contribution in [3.05, 3.63) is 65.5 Å². The molecule has 0 spiro atoms. The summed E-state index contributed by atoms with van der Waals surface area (Å²) < 4.78 is 41.8. The van der Waals surface area contributed by atoms with Gasteiger partial charge in [0.05, 0.1) is 4.90 Å². The Balaban J connectivity index is 1.40. The first-order chi connectivity index (χ1) is 15.9. The molecule has 2 aliphatic rings. The number of hydrogen-bond donors (Lipinski definition) is 0. The normalized spacial score (nSPS) is 18.6. The third-order valence-electron chi connectivity index (χ3n) is 6.86. The average molecular weight is 474 g/mol. The van der Waals surface area contributed by atoms with Gasteiger partial charge in [0.2, 0.25) is 10.0 Å². The maximum atomic E-state index is 13.9. The summed E-state index contributed by atoms with van der Waals surface area (Å²) in [6.07, 6.45) is 5.01. The molecule has 178 valence electrons. The van der Waals surface area contributed by atoms with Gasteiger partial charge in [-0.05, 0) is 37.1 Å². The average Bonchev–Trinajstić information content (AvgIpc) is 2.85. The highest BCUT2D eigenvalue weighted by Crippen LogP contribution is 2.27. The van der Waals surface area contributed by atoms with E-state index in [1.165, 1.54) is 16.4 Å². The monoisotopic (exact) mass is 473 g/mol. The van der Waals surface area contributed by atoms with Crippen molar-refractivity contribution in [3.8, 4) is 0 Å². The lowest BCUT2D eigenvalue weighted by atomic mass is 9.96. The Kier molecular flexibility index (Phi) is 7.46. The molecule has 2 aromatic carbocycles. The Morgan fingerprint density at radius 2 is 1.70 bits per heavy atom. The van der Waals surface area contributed by atoms with Crippen LogP contribution in [-0.2, 0) is 16.6 Å². The molecule has 1 aliphatic carbocycles. The topological polar surface area (TPSA) is 60.9 Å². The van der Waals surface area contributed by atoms with Gasteiger partial charge in [-0.2, -0.15) is 4.31 Å². The van der Waals surface area contributed by atoms with Crippen molar-refractivity contribution < 1.29 is 17.6 Å². The Bertz CT molecular complexity index is 1080. The molecular weight excluding hydrogens is 441 g/mol. The van der Waals surface area contributed by atoms with Crippen LogP contribution in [0.3, 0.4) is 0 Å². The van der Waals surface area contributed by atoms with Gasteiger partial charge in [-0.3, -0.25) is 9.69 Å². The van der Waals surface area contributed by atoms with Crippen molar-refractivity contribution in [2.75, 3.05) is 33.2 Å². The molecule has 1 aliphatic heterocycles. The second-order valence-corrected chi connectivity index (χ2v) is 11.0. The lowest BCUT2D eigenvalue weighted by Gasteiger charge is -2.35. The largest absolute Gasteiger partial charge is 0.336 e. The number of benzene rings is 2. The minimum Gasteiger partial charge on any atom is -0.336 e. The van der Waals surface area contributed by atoms with Crippen molar-refractivity contribution in [1.82, 2.24) is 14.1 Å². The van der Waals surface area contributed by atoms with E-state index in [9.17, 15) is 17.6 Å². The molecule has 1 saturated carbocycles. The van der Waals surface area contributed by atoms with E-state index in [2.05, 4.69) is 4.90 Å². The van der Waals surface area contributed by atoms with E-state index in [-0.39, 0.29) is 22.7 Å². The summed E-state index contributed by atoms with van der Waals surface area (Å²) in [5, 5.41) is 0. The van der Waals surface area contributed by atoms with Crippen molar-refractivity contribution in [1.29, 1.82) is 0 Å². The fourth-order valence-electron chi connectivity index (χ4n) is 4.76. The molecule has 0 unspecified atom stereocenters. The molecule has 0 atom stereocenters. The fourth-order valence-corrected chi connectivity index (χ4v) is 6.22. The van der Waals surface area contributed by atoms with Gasteiger partial charge in [0.15, 0.2) is 0 Å². The Morgan fingerprint density at radius 1 is 1.00 bits per heavy atom. The minimum absolute atomic E-state index is 0.0191. The predicted octanol–water partition coefficient (Wildman–Crippen LogP) is 3.74. The van der Waals surface area contributed by atoms with E-state index >= 15 is 0 Å². The lowest BCUT2D eigenvalue weighted by molar-refractivity contribution is 0.0627. The van der Waals surface area contributed by atoms with Crippen LogP contribution in [0.2, 0.25) is 0 Å². The standard InChI is InChI=1S/C25H32FN3O3S/c1-27(22-10-3-2-4-11-22)33(31,32)23-12-7-9-20(18-23)25(30)29-16-14-28(15-17-29)19-21-8-5-6-13-24(21)26/h5-9,12-13,18,22H,2-4,10-11,14-17,19H2,1H3. The molecule has 8 heteroatoms. The number of amides is 1. The van der Waals surface area contributed by atoms with Crippen LogP contribution in [0, 0.1) is 5.82 Å². The second-order valence-electron chi connectivity index (χ2n) is 9.00. The molecule has 6 nitrogen and oxygen atoms in total. The van der Waals surface area contributed by atoms with E-state index < -0.39 is 10.0 Å². The molecule has 1 saturated heterocycles. The van der Waals surface area contributed by atoms with E-state index in [0.717, 1.165) is 32.1 Å². The Labute approximate surface area is 196 Å². The summed E-state index contributed by atoms with van der Waals surface area (Å²) in [5.41, 5.74) is 1.04. The summed E-state index contributed by atoms with van der Waals surface area (Å²) in [5.74, 6) is -0.384. The summed E-state index contributed by atoms with van der Waals surface area (Å²) in [6, 6.07) is 13.1. The molecule has 4 rings (SSSR count). The van der Waals surface area contributed by atoms with Crippen molar-refractivity contribution in [2.24, 2.45) is 0 Å². The van der Waals surface area contributed by atoms with Crippen LogP contribution in [-0.4, -0.2) is 67.7 Å². The van der Waals surface area contributed by atoms with E-state index in [1.807, 2.05) is 6.07 Å². The Morgan fingerprint density at radius 3 is 2.39 bits per heavy atom. The highest BCUT2D eigenvalue weighted by atomic mass is 32.2. The van der Waals surface area contributed by atoms with Crippen LogP contribution < -0.4 is 0 Å². The molecule has 1 amide bonds. The minimum atomic E-state index is -3.65. The zero-order valence-corrected chi connectivity index (χ0v) is 19.9. The zero-order chi connectivity index (χ0) is 23.4. The molecule has 0 aromatic heterocycles. The van der Waals surface area contributed by atoms with Crippen LogP contribution in [0.4, 0.5) is 4.39 Å². The van der Waals surface area contributed by atoms with E-state index in [1.54, 1.807) is 42.3 Å². The van der Waals surface area contributed by atoms with Gasteiger partial charge >= 0.3 is 0 Å². The molecule has 1 heterocycles. The highest BCUT2D eigenvalue weighted by molar-refractivity contribution is 7.89. The third-order valence-corrected chi connectivity index (χ3v) is 8.76. The number of nitrogens with zero attached hydrogens (tertiary/aromatic N) is 3. The van der Waals surface area contributed by atoms with E-state index in [0.29, 0.717) is 43.9 Å². The first-order valence-corrected chi connectivity index (χ1v) is 13.1. The van der Waals surface area contributed by atoms with Crippen LogP contribution in [0.15, 0.2) is 53.4 Å². The number of piperazine rings is 1. The van der Waals surface area contributed by atoms with Crippen molar-refractivity contribution >= 4 is 15.9 Å². The number of sulfonamides is 1. The van der Waals surface area contributed by atoms with Crippen molar-refractivity contribution in [3.63, 3.8) is 0 Å². The van der Waals surface area contributed by atoms with Gasteiger partial charge in [0.1, 0.15) is 5.82 Å².